The molecular weight excluding hydrogens is 378 g/mol. The van der Waals surface area contributed by atoms with E-state index in [1.54, 1.807) is 6.92 Å². The van der Waals surface area contributed by atoms with Crippen molar-refractivity contribution in [3.63, 3.8) is 0 Å². The Morgan fingerprint density at radius 3 is 2.37 bits per heavy atom. The molecular formula is C24H31N3O3. The second-order valence-corrected chi connectivity index (χ2v) is 7.23. The first-order valence-corrected chi connectivity index (χ1v) is 10.6. The number of allylic oxidation sites excluding steroid dienone is 1. The van der Waals surface area contributed by atoms with Gasteiger partial charge in [0.1, 0.15) is 5.75 Å². The van der Waals surface area contributed by atoms with Gasteiger partial charge in [-0.3, -0.25) is 4.98 Å². The molecule has 0 amide bonds. The number of nitrogens with zero attached hydrogens (tertiary/aromatic N) is 3. The Hall–Kier alpha value is -3.02. The molecule has 1 unspecified atom stereocenters. The van der Waals surface area contributed by atoms with Gasteiger partial charge >= 0.3 is 5.97 Å². The molecule has 1 fully saturated rings. The zero-order valence-electron chi connectivity index (χ0n) is 17.9. The Morgan fingerprint density at radius 2 is 1.77 bits per heavy atom. The first-order valence-electron chi connectivity index (χ1n) is 10.6. The Kier molecular flexibility index (Phi) is 7.71. The number of rotatable bonds is 9. The number of ether oxygens (including phenoxy) is 2. The third-order valence-electron chi connectivity index (χ3n) is 5.27. The van der Waals surface area contributed by atoms with Gasteiger partial charge in [0.05, 0.1) is 6.61 Å². The number of carbonyl (C=O) groups is 1. The van der Waals surface area contributed by atoms with E-state index in [-0.39, 0.29) is 5.97 Å². The van der Waals surface area contributed by atoms with E-state index in [1.807, 2.05) is 31.5 Å². The van der Waals surface area contributed by atoms with E-state index in [0.29, 0.717) is 25.2 Å². The molecule has 0 aliphatic carbocycles. The minimum Gasteiger partial charge on any atom is -0.478 e. The number of carbonyl (C=O) groups excluding carboxylic acids is 1. The van der Waals surface area contributed by atoms with Crippen LogP contribution in [-0.2, 0) is 16.0 Å². The molecule has 2 heterocycles. The van der Waals surface area contributed by atoms with Gasteiger partial charge in [0.25, 0.3) is 0 Å². The van der Waals surface area contributed by atoms with Crippen molar-refractivity contribution >= 4 is 17.3 Å². The normalized spacial score (nSPS) is 14.9. The summed E-state index contributed by atoms with van der Waals surface area (Å²) in [6.45, 7) is 11.7. The zero-order chi connectivity index (χ0) is 21.3. The number of pyridine rings is 1. The van der Waals surface area contributed by atoms with Crippen LogP contribution in [0.25, 0.3) is 0 Å². The van der Waals surface area contributed by atoms with Crippen molar-refractivity contribution < 1.29 is 14.3 Å². The van der Waals surface area contributed by atoms with Crippen molar-refractivity contribution in [2.45, 2.75) is 32.8 Å². The van der Waals surface area contributed by atoms with Crippen LogP contribution < -0.4 is 14.5 Å². The number of hydrogen-bond donors (Lipinski definition) is 0. The van der Waals surface area contributed by atoms with Crippen LogP contribution in [0.2, 0.25) is 0 Å². The smallest absolute Gasteiger partial charge is 0.347 e. The summed E-state index contributed by atoms with van der Waals surface area (Å²) < 4.78 is 11.2. The van der Waals surface area contributed by atoms with Gasteiger partial charge in [0, 0.05) is 49.9 Å². The van der Waals surface area contributed by atoms with Gasteiger partial charge in [-0.05, 0) is 55.7 Å². The van der Waals surface area contributed by atoms with Gasteiger partial charge in [-0.15, -0.1) is 6.58 Å². The average molecular weight is 410 g/mol. The van der Waals surface area contributed by atoms with Crippen molar-refractivity contribution in [3.05, 3.63) is 60.9 Å². The summed E-state index contributed by atoms with van der Waals surface area (Å²) in [5, 5.41) is 0. The lowest BCUT2D eigenvalue weighted by molar-refractivity contribution is -0.151. The molecule has 1 aromatic heterocycles. The monoisotopic (exact) mass is 409 g/mol. The van der Waals surface area contributed by atoms with Crippen molar-refractivity contribution in [3.8, 4) is 5.75 Å². The lowest BCUT2D eigenvalue weighted by Gasteiger charge is -2.37. The van der Waals surface area contributed by atoms with Crippen LogP contribution in [0, 0.1) is 0 Å². The predicted octanol–water partition coefficient (Wildman–Crippen LogP) is 3.86. The predicted molar refractivity (Wildman–Crippen MR) is 120 cm³/mol. The molecule has 0 spiro atoms. The molecule has 6 nitrogen and oxygen atoms in total. The van der Waals surface area contributed by atoms with Gasteiger partial charge in [0.15, 0.2) is 6.10 Å². The van der Waals surface area contributed by atoms with Crippen molar-refractivity contribution in [1.82, 2.24) is 4.98 Å². The maximum absolute atomic E-state index is 12.1. The number of piperazine rings is 1. The number of aromatic nitrogens is 1. The molecule has 3 rings (SSSR count). The van der Waals surface area contributed by atoms with Crippen LogP contribution >= 0.6 is 0 Å². The van der Waals surface area contributed by atoms with Crippen molar-refractivity contribution in [1.29, 1.82) is 0 Å². The van der Waals surface area contributed by atoms with Crippen LogP contribution in [0.1, 0.15) is 25.8 Å². The molecule has 0 bridgehead atoms. The molecule has 6 heteroatoms. The summed E-state index contributed by atoms with van der Waals surface area (Å²) in [5.74, 6) is 0.398. The molecule has 0 saturated carbocycles. The molecule has 30 heavy (non-hydrogen) atoms. The van der Waals surface area contributed by atoms with Gasteiger partial charge in [-0.2, -0.15) is 0 Å². The first kappa shape index (κ1) is 21.7. The summed E-state index contributed by atoms with van der Waals surface area (Å²) in [6.07, 6.45) is 6.18. The van der Waals surface area contributed by atoms with Crippen LogP contribution in [0.15, 0.2) is 55.4 Å². The zero-order valence-corrected chi connectivity index (χ0v) is 17.9. The van der Waals surface area contributed by atoms with Crippen molar-refractivity contribution in [2.24, 2.45) is 0 Å². The molecule has 1 aromatic carbocycles. The first-order chi connectivity index (χ1) is 14.7. The third-order valence-corrected chi connectivity index (χ3v) is 5.27. The summed E-state index contributed by atoms with van der Waals surface area (Å²) in [5.41, 5.74) is 3.41. The maximum atomic E-state index is 12.1. The Bertz CT molecular complexity index is 833. The molecule has 2 aromatic rings. The topological polar surface area (TPSA) is 54.9 Å². The number of benzene rings is 1. The summed E-state index contributed by atoms with van der Waals surface area (Å²) in [4.78, 5) is 21.0. The summed E-state index contributed by atoms with van der Waals surface area (Å²) in [7, 11) is 0. The van der Waals surface area contributed by atoms with Crippen LogP contribution in [0.3, 0.4) is 0 Å². The lowest BCUT2D eigenvalue weighted by Crippen LogP contribution is -2.46. The van der Waals surface area contributed by atoms with E-state index in [2.05, 4.69) is 45.6 Å². The Morgan fingerprint density at radius 1 is 1.10 bits per heavy atom. The SMILES string of the molecule is C=CCc1cc(N2CCN(c3ccncc3)CC2)ccc1OC(CC)C(=O)OCC. The van der Waals surface area contributed by atoms with Gasteiger partial charge in [0.2, 0.25) is 0 Å². The van der Waals surface area contributed by atoms with Crippen molar-refractivity contribution in [2.75, 3.05) is 42.6 Å². The van der Waals surface area contributed by atoms with E-state index < -0.39 is 6.10 Å². The largest absolute Gasteiger partial charge is 0.478 e. The fraction of sp³-hybridized carbons (Fsp3) is 0.417. The minimum absolute atomic E-state index is 0.319. The number of anilines is 2. The summed E-state index contributed by atoms with van der Waals surface area (Å²) in [6, 6.07) is 10.3. The van der Waals surface area contributed by atoms with E-state index >= 15 is 0 Å². The van der Waals surface area contributed by atoms with Crippen LogP contribution in [0.5, 0.6) is 5.75 Å². The Labute approximate surface area is 179 Å². The summed E-state index contributed by atoms with van der Waals surface area (Å²) >= 11 is 0. The van der Waals surface area contributed by atoms with E-state index in [1.165, 1.54) is 5.69 Å². The van der Waals surface area contributed by atoms with Gasteiger partial charge in [-0.1, -0.05) is 13.0 Å². The second kappa shape index (κ2) is 10.7. The highest BCUT2D eigenvalue weighted by Gasteiger charge is 2.22. The highest BCUT2D eigenvalue weighted by atomic mass is 16.6. The second-order valence-electron chi connectivity index (χ2n) is 7.23. The average Bonchev–Trinajstić information content (AvgIpc) is 2.79. The molecule has 160 valence electrons. The van der Waals surface area contributed by atoms with Crippen LogP contribution in [0.4, 0.5) is 11.4 Å². The van der Waals surface area contributed by atoms with Gasteiger partial charge in [-0.25, -0.2) is 4.79 Å². The Balaban J connectivity index is 1.70. The van der Waals surface area contributed by atoms with Gasteiger partial charge < -0.3 is 19.3 Å². The highest BCUT2D eigenvalue weighted by Crippen LogP contribution is 2.28. The molecule has 1 aliphatic rings. The van der Waals surface area contributed by atoms with E-state index in [4.69, 9.17) is 9.47 Å². The maximum Gasteiger partial charge on any atom is 0.347 e. The molecule has 0 N–H and O–H groups in total. The minimum atomic E-state index is -0.594. The quantitative estimate of drug-likeness (QED) is 0.463. The fourth-order valence-electron chi connectivity index (χ4n) is 3.66. The molecule has 1 saturated heterocycles. The standard InChI is InChI=1S/C24H31N3O3/c1-4-7-19-18-21(8-9-23(19)30-22(5-2)24(28)29-6-3)27-16-14-26(15-17-27)20-10-12-25-13-11-20/h4,8-13,18,22H,1,5-7,14-17H2,2-3H3. The highest BCUT2D eigenvalue weighted by molar-refractivity contribution is 5.75. The fourth-order valence-corrected chi connectivity index (χ4v) is 3.66. The molecule has 1 atom stereocenters. The molecule has 1 aliphatic heterocycles. The van der Waals surface area contributed by atoms with Crippen LogP contribution in [-0.4, -0.2) is 49.8 Å². The van der Waals surface area contributed by atoms with E-state index in [9.17, 15) is 4.79 Å². The lowest BCUT2D eigenvalue weighted by atomic mass is 10.1. The third kappa shape index (κ3) is 5.32. The molecule has 0 radical (unpaired) electrons. The number of hydrogen-bond acceptors (Lipinski definition) is 6. The number of esters is 1. The van der Waals surface area contributed by atoms with E-state index in [0.717, 1.165) is 37.4 Å².